The van der Waals surface area contributed by atoms with Crippen LogP contribution in [0.2, 0.25) is 0 Å². The number of morpholine rings is 1. The van der Waals surface area contributed by atoms with Crippen molar-refractivity contribution in [3.63, 3.8) is 0 Å². The second kappa shape index (κ2) is 7.79. The average Bonchev–Trinajstić information content (AvgIpc) is 2.55. The van der Waals surface area contributed by atoms with E-state index < -0.39 is 0 Å². The molecule has 0 aliphatic carbocycles. The zero-order chi connectivity index (χ0) is 15.1. The fourth-order valence-corrected chi connectivity index (χ4v) is 2.22. The van der Waals surface area contributed by atoms with E-state index in [1.807, 2.05) is 6.07 Å². The van der Waals surface area contributed by atoms with Gasteiger partial charge in [-0.15, -0.1) is 0 Å². The van der Waals surface area contributed by atoms with Crippen molar-refractivity contribution in [3.05, 3.63) is 35.4 Å². The first-order chi connectivity index (χ1) is 10.3. The number of benzene rings is 1. The lowest BCUT2D eigenvalue weighted by molar-refractivity contribution is -0.0184. The number of carbonyl (C=O) groups excluding carboxylic acids is 1. The molecule has 2 N–H and O–H groups in total. The van der Waals surface area contributed by atoms with Gasteiger partial charge in [-0.05, 0) is 12.1 Å². The third-order valence-electron chi connectivity index (χ3n) is 3.32. The SMILES string of the molecule is O=C(c1ccccc1C#CCCO)N1CCOCC1CO. The van der Waals surface area contributed by atoms with E-state index in [1.165, 1.54) is 0 Å². The highest BCUT2D eigenvalue weighted by atomic mass is 16.5. The van der Waals surface area contributed by atoms with Crippen LogP contribution < -0.4 is 0 Å². The van der Waals surface area contributed by atoms with Gasteiger partial charge < -0.3 is 19.8 Å². The van der Waals surface area contributed by atoms with Crippen LogP contribution in [0, 0.1) is 11.8 Å². The monoisotopic (exact) mass is 289 g/mol. The van der Waals surface area contributed by atoms with Crippen LogP contribution in [0.25, 0.3) is 0 Å². The maximum absolute atomic E-state index is 12.7. The molecule has 0 spiro atoms. The van der Waals surface area contributed by atoms with Gasteiger partial charge in [0.2, 0.25) is 0 Å². The standard InChI is InChI=1S/C16H19NO4/c18-9-4-3-6-13-5-1-2-7-15(13)16(20)17-8-10-21-12-14(17)11-19/h1-2,5,7,14,18-19H,4,8-12H2. The van der Waals surface area contributed by atoms with Gasteiger partial charge >= 0.3 is 0 Å². The van der Waals surface area contributed by atoms with Gasteiger partial charge in [0, 0.05) is 18.5 Å². The van der Waals surface area contributed by atoms with Gasteiger partial charge in [-0.1, -0.05) is 24.0 Å². The molecule has 1 saturated heterocycles. The summed E-state index contributed by atoms with van der Waals surface area (Å²) in [5, 5.41) is 18.1. The molecule has 1 atom stereocenters. The van der Waals surface area contributed by atoms with Gasteiger partial charge in [0.1, 0.15) is 0 Å². The van der Waals surface area contributed by atoms with Crippen molar-refractivity contribution in [1.29, 1.82) is 0 Å². The second-order valence-electron chi connectivity index (χ2n) is 4.73. The third kappa shape index (κ3) is 3.82. The van der Waals surface area contributed by atoms with Crippen LogP contribution in [0.15, 0.2) is 24.3 Å². The Kier molecular flexibility index (Phi) is 5.76. The van der Waals surface area contributed by atoms with Gasteiger partial charge in [-0.2, -0.15) is 0 Å². The average molecular weight is 289 g/mol. The number of hydrogen-bond acceptors (Lipinski definition) is 4. The highest BCUT2D eigenvalue weighted by Gasteiger charge is 2.28. The zero-order valence-electron chi connectivity index (χ0n) is 11.8. The van der Waals surface area contributed by atoms with E-state index in [2.05, 4.69) is 11.8 Å². The Labute approximate surface area is 124 Å². The molecule has 5 nitrogen and oxygen atoms in total. The van der Waals surface area contributed by atoms with Crippen molar-refractivity contribution in [2.45, 2.75) is 12.5 Å². The molecular weight excluding hydrogens is 270 g/mol. The van der Waals surface area contributed by atoms with E-state index in [1.54, 1.807) is 23.1 Å². The molecule has 0 saturated carbocycles. The molecule has 1 unspecified atom stereocenters. The fourth-order valence-electron chi connectivity index (χ4n) is 2.22. The molecule has 1 amide bonds. The van der Waals surface area contributed by atoms with Crippen molar-refractivity contribution in [1.82, 2.24) is 4.90 Å². The summed E-state index contributed by atoms with van der Waals surface area (Å²) in [6.45, 7) is 1.16. The number of carbonyl (C=O) groups is 1. The molecule has 1 aliphatic heterocycles. The fraction of sp³-hybridized carbons (Fsp3) is 0.438. The number of hydrogen-bond donors (Lipinski definition) is 2. The summed E-state index contributed by atoms with van der Waals surface area (Å²) in [7, 11) is 0. The van der Waals surface area contributed by atoms with E-state index >= 15 is 0 Å². The number of nitrogens with zero attached hydrogens (tertiary/aromatic N) is 1. The molecule has 1 aliphatic rings. The maximum Gasteiger partial charge on any atom is 0.255 e. The topological polar surface area (TPSA) is 70.0 Å². The van der Waals surface area contributed by atoms with E-state index in [4.69, 9.17) is 9.84 Å². The predicted octanol–water partition coefficient (Wildman–Crippen LogP) is 0.254. The summed E-state index contributed by atoms with van der Waals surface area (Å²) in [6.07, 6.45) is 0.374. The van der Waals surface area contributed by atoms with E-state index in [0.717, 1.165) is 0 Å². The summed E-state index contributed by atoms with van der Waals surface area (Å²) in [6, 6.07) is 6.81. The lowest BCUT2D eigenvalue weighted by atomic mass is 10.0. The van der Waals surface area contributed by atoms with Crippen molar-refractivity contribution in [2.24, 2.45) is 0 Å². The maximum atomic E-state index is 12.7. The van der Waals surface area contributed by atoms with Gasteiger partial charge in [0.15, 0.2) is 0 Å². The molecule has 0 bridgehead atoms. The Morgan fingerprint density at radius 2 is 2.19 bits per heavy atom. The third-order valence-corrected chi connectivity index (χ3v) is 3.32. The minimum atomic E-state index is -0.315. The molecule has 1 heterocycles. The molecule has 1 fully saturated rings. The van der Waals surface area contributed by atoms with E-state index in [0.29, 0.717) is 37.3 Å². The van der Waals surface area contributed by atoms with Crippen molar-refractivity contribution >= 4 is 5.91 Å². The van der Waals surface area contributed by atoms with Gasteiger partial charge in [-0.25, -0.2) is 0 Å². The summed E-state index contributed by atoms with van der Waals surface area (Å²) in [5.74, 6) is 5.60. The molecule has 112 valence electrons. The van der Waals surface area contributed by atoms with Gasteiger partial charge in [0.25, 0.3) is 5.91 Å². The first-order valence-electron chi connectivity index (χ1n) is 6.96. The minimum absolute atomic E-state index is 0.000830. The zero-order valence-corrected chi connectivity index (χ0v) is 11.8. The highest BCUT2D eigenvalue weighted by molar-refractivity contribution is 5.97. The Balaban J connectivity index is 2.24. The van der Waals surface area contributed by atoms with Crippen LogP contribution >= 0.6 is 0 Å². The summed E-state index contributed by atoms with van der Waals surface area (Å²) in [5.41, 5.74) is 1.16. The summed E-state index contributed by atoms with van der Waals surface area (Å²) in [4.78, 5) is 14.3. The van der Waals surface area contributed by atoms with Crippen LogP contribution in [0.1, 0.15) is 22.3 Å². The van der Waals surface area contributed by atoms with Crippen molar-refractivity contribution in [3.8, 4) is 11.8 Å². The molecular formula is C16H19NO4. The Bertz CT molecular complexity index is 547. The molecule has 2 rings (SSSR count). The lowest BCUT2D eigenvalue weighted by Crippen LogP contribution is -2.50. The van der Waals surface area contributed by atoms with Crippen LogP contribution in [0.3, 0.4) is 0 Å². The Morgan fingerprint density at radius 1 is 1.38 bits per heavy atom. The highest BCUT2D eigenvalue weighted by Crippen LogP contribution is 2.15. The predicted molar refractivity (Wildman–Crippen MR) is 77.8 cm³/mol. The molecule has 1 aromatic rings. The Hall–Kier alpha value is -1.87. The molecule has 5 heteroatoms. The smallest absolute Gasteiger partial charge is 0.255 e. The molecule has 21 heavy (non-hydrogen) atoms. The number of amides is 1. The first-order valence-corrected chi connectivity index (χ1v) is 6.96. The molecule has 0 aromatic heterocycles. The Morgan fingerprint density at radius 3 is 2.95 bits per heavy atom. The van der Waals surface area contributed by atoms with Crippen molar-refractivity contribution < 1.29 is 19.7 Å². The van der Waals surface area contributed by atoms with Gasteiger partial charge in [0.05, 0.1) is 38.0 Å². The number of aliphatic hydroxyl groups is 2. The van der Waals surface area contributed by atoms with Gasteiger partial charge in [-0.3, -0.25) is 4.79 Å². The summed E-state index contributed by atoms with van der Waals surface area (Å²) < 4.78 is 5.29. The number of rotatable bonds is 3. The lowest BCUT2D eigenvalue weighted by Gasteiger charge is -2.34. The van der Waals surface area contributed by atoms with Crippen LogP contribution in [-0.2, 0) is 4.74 Å². The van der Waals surface area contributed by atoms with Crippen LogP contribution in [0.5, 0.6) is 0 Å². The number of ether oxygens (including phenoxy) is 1. The quantitative estimate of drug-likeness (QED) is 0.783. The molecule has 1 aromatic carbocycles. The van der Waals surface area contributed by atoms with E-state index in [9.17, 15) is 9.90 Å². The normalized spacial score (nSPS) is 18.0. The largest absolute Gasteiger partial charge is 0.395 e. The van der Waals surface area contributed by atoms with Crippen LogP contribution in [-0.4, -0.2) is 60.0 Å². The van der Waals surface area contributed by atoms with E-state index in [-0.39, 0.29) is 25.2 Å². The van der Waals surface area contributed by atoms with Crippen LogP contribution in [0.4, 0.5) is 0 Å². The van der Waals surface area contributed by atoms with Crippen molar-refractivity contribution in [2.75, 3.05) is 33.0 Å². The second-order valence-corrected chi connectivity index (χ2v) is 4.73. The molecule has 0 radical (unpaired) electrons. The number of aliphatic hydroxyl groups excluding tert-OH is 2. The minimum Gasteiger partial charge on any atom is -0.395 e. The summed E-state index contributed by atoms with van der Waals surface area (Å²) >= 11 is 0. The first kappa shape index (κ1) is 15.5.